The Morgan fingerprint density at radius 1 is 0.500 bits per heavy atom. The van der Waals surface area contributed by atoms with Gasteiger partial charge in [-0.25, -0.2) is 0 Å². The summed E-state index contributed by atoms with van der Waals surface area (Å²) in [5.74, 6) is -0.00278. The minimum absolute atomic E-state index is 0.00994. The number of esters is 2. The summed E-state index contributed by atoms with van der Waals surface area (Å²) in [5, 5.41) is 0. The topological polar surface area (TPSA) is 82.1 Å². The van der Waals surface area contributed by atoms with Gasteiger partial charge in [-0.05, 0) is 90.3 Å². The monoisotopic (exact) mass is 766 g/mol. The van der Waals surface area contributed by atoms with Gasteiger partial charge in [0.25, 0.3) is 6.47 Å². The molecule has 0 N–H and O–H groups in total. The minimum atomic E-state index is -0.0127. The van der Waals surface area contributed by atoms with Gasteiger partial charge in [0.1, 0.15) is 6.10 Å². The van der Waals surface area contributed by atoms with Crippen LogP contribution in [0, 0.1) is 0 Å². The van der Waals surface area contributed by atoms with E-state index in [0.29, 0.717) is 32.5 Å². The molecule has 1 aliphatic rings. The Bertz CT molecular complexity index is 770. The highest BCUT2D eigenvalue weighted by atomic mass is 16.5. The van der Waals surface area contributed by atoms with Gasteiger partial charge in [-0.15, -0.1) is 0 Å². The highest BCUT2D eigenvalue weighted by molar-refractivity contribution is 5.69. The summed E-state index contributed by atoms with van der Waals surface area (Å²) in [6.07, 6.45) is 41.5. The van der Waals surface area contributed by atoms with Crippen molar-refractivity contribution >= 4 is 18.4 Å². The SMILES string of the molecule is CCCCCCCCC(CCCCCCCC)OC(=O)CCCCCCCOC=O.CCCCCCCCCCCOC(=O)CCCCCN1CCCC1. The first kappa shape index (κ1) is 52.4. The maximum atomic E-state index is 12.3. The molecule has 0 unspecified atom stereocenters. The number of carbonyl (C=O) groups is 3. The van der Waals surface area contributed by atoms with Crippen LogP contribution < -0.4 is 0 Å². The molecule has 1 saturated heterocycles. The second-order valence-electron chi connectivity index (χ2n) is 16.1. The molecule has 1 aliphatic heterocycles. The predicted molar refractivity (Wildman–Crippen MR) is 228 cm³/mol. The summed E-state index contributed by atoms with van der Waals surface area (Å²) in [4.78, 5) is 36.6. The fourth-order valence-corrected chi connectivity index (χ4v) is 7.30. The average molecular weight is 766 g/mol. The Kier molecular flexibility index (Phi) is 42.8. The van der Waals surface area contributed by atoms with Gasteiger partial charge in [-0.3, -0.25) is 14.4 Å². The number of unbranched alkanes of at least 4 members (excludes halogenated alkanes) is 24. The maximum absolute atomic E-state index is 12.3. The van der Waals surface area contributed by atoms with E-state index in [-0.39, 0.29) is 18.0 Å². The van der Waals surface area contributed by atoms with Crippen molar-refractivity contribution in [2.24, 2.45) is 0 Å². The smallest absolute Gasteiger partial charge is 0.306 e. The van der Waals surface area contributed by atoms with E-state index in [1.807, 2.05) is 0 Å². The van der Waals surface area contributed by atoms with Gasteiger partial charge in [0, 0.05) is 12.8 Å². The van der Waals surface area contributed by atoms with Crippen molar-refractivity contribution in [3.05, 3.63) is 0 Å². The molecule has 1 heterocycles. The molecule has 1 fully saturated rings. The van der Waals surface area contributed by atoms with Crippen LogP contribution in [0.2, 0.25) is 0 Å². The summed E-state index contributed by atoms with van der Waals surface area (Å²) < 4.78 is 15.9. The predicted octanol–water partition coefficient (Wildman–Crippen LogP) is 13.6. The van der Waals surface area contributed by atoms with Crippen LogP contribution in [-0.2, 0) is 28.6 Å². The molecule has 0 radical (unpaired) electrons. The number of carbonyl (C=O) groups excluding carboxylic acids is 3. The molecule has 7 nitrogen and oxygen atoms in total. The van der Waals surface area contributed by atoms with Crippen LogP contribution in [0.25, 0.3) is 0 Å². The van der Waals surface area contributed by atoms with Crippen LogP contribution in [0.5, 0.6) is 0 Å². The van der Waals surface area contributed by atoms with Crippen molar-refractivity contribution in [1.29, 1.82) is 0 Å². The largest absolute Gasteiger partial charge is 0.468 e. The van der Waals surface area contributed by atoms with Gasteiger partial charge in [0.15, 0.2) is 0 Å². The van der Waals surface area contributed by atoms with Crippen LogP contribution in [0.15, 0.2) is 0 Å². The van der Waals surface area contributed by atoms with E-state index < -0.39 is 0 Å². The molecule has 7 heteroatoms. The molecule has 0 aromatic carbocycles. The number of rotatable bonds is 40. The third-order valence-electron chi connectivity index (χ3n) is 10.8. The molecule has 0 aromatic rings. The summed E-state index contributed by atoms with van der Waals surface area (Å²) in [6, 6.07) is 0. The quantitative estimate of drug-likeness (QED) is 0.0266. The van der Waals surface area contributed by atoms with E-state index in [4.69, 9.17) is 9.47 Å². The van der Waals surface area contributed by atoms with Crippen LogP contribution in [0.3, 0.4) is 0 Å². The van der Waals surface area contributed by atoms with Gasteiger partial charge in [-0.2, -0.15) is 0 Å². The standard InChI is InChI=1S/C26H50O4.C21H41NO2/c1-3-5-7-9-12-16-20-25(21-17-13-10-8-6-4-2)30-26(28)22-18-14-11-15-19-23-29-24-27;1-2-3-4-5-6-7-8-9-15-20-24-21(23)16-11-10-12-17-22-18-13-14-19-22/h24-25H,3-23H2,1-2H3;2-20H2,1H3. The number of likely N-dealkylation sites (tertiary alicyclic amines) is 1. The number of nitrogens with zero attached hydrogens (tertiary/aromatic N) is 1. The zero-order valence-electron chi connectivity index (χ0n) is 36.3. The first-order valence-corrected chi connectivity index (χ1v) is 23.7. The maximum Gasteiger partial charge on any atom is 0.306 e. The van der Waals surface area contributed by atoms with Gasteiger partial charge in [0.2, 0.25) is 0 Å². The fourth-order valence-electron chi connectivity index (χ4n) is 7.30. The van der Waals surface area contributed by atoms with E-state index in [0.717, 1.165) is 64.2 Å². The van der Waals surface area contributed by atoms with E-state index in [1.165, 1.54) is 167 Å². The Morgan fingerprint density at radius 3 is 1.41 bits per heavy atom. The third kappa shape index (κ3) is 40.0. The van der Waals surface area contributed by atoms with E-state index >= 15 is 0 Å². The lowest BCUT2D eigenvalue weighted by atomic mass is 10.0. The summed E-state index contributed by atoms with van der Waals surface area (Å²) in [6.45, 7) is 12.2. The van der Waals surface area contributed by atoms with Crippen molar-refractivity contribution in [1.82, 2.24) is 4.90 Å². The fraction of sp³-hybridized carbons (Fsp3) is 0.936. The Balaban J connectivity index is 0.00000106. The molecule has 0 bridgehead atoms. The Labute approximate surface area is 335 Å². The highest BCUT2D eigenvalue weighted by Crippen LogP contribution is 2.18. The highest BCUT2D eigenvalue weighted by Gasteiger charge is 2.14. The summed E-state index contributed by atoms with van der Waals surface area (Å²) in [5.41, 5.74) is 0. The van der Waals surface area contributed by atoms with Crippen LogP contribution in [0.4, 0.5) is 0 Å². The molecular formula is C47H91NO6. The number of ether oxygens (including phenoxy) is 3. The molecule has 1 rings (SSSR count). The van der Waals surface area contributed by atoms with Gasteiger partial charge in [-0.1, -0.05) is 162 Å². The van der Waals surface area contributed by atoms with Crippen LogP contribution in [0.1, 0.15) is 245 Å². The van der Waals surface area contributed by atoms with Crippen molar-refractivity contribution in [2.45, 2.75) is 252 Å². The van der Waals surface area contributed by atoms with E-state index in [1.54, 1.807) is 0 Å². The first-order chi connectivity index (χ1) is 26.6. The van der Waals surface area contributed by atoms with Crippen molar-refractivity contribution in [3.63, 3.8) is 0 Å². The molecular weight excluding hydrogens is 675 g/mol. The number of hydrogen-bond acceptors (Lipinski definition) is 7. The van der Waals surface area contributed by atoms with Gasteiger partial charge in [0.05, 0.1) is 13.2 Å². The zero-order chi connectivity index (χ0) is 39.4. The molecule has 0 amide bonds. The molecule has 0 atom stereocenters. The summed E-state index contributed by atoms with van der Waals surface area (Å²) in [7, 11) is 0. The lowest BCUT2D eigenvalue weighted by Gasteiger charge is -2.18. The second kappa shape index (κ2) is 44.1. The molecule has 0 saturated carbocycles. The molecule has 54 heavy (non-hydrogen) atoms. The number of hydrogen-bond donors (Lipinski definition) is 0. The van der Waals surface area contributed by atoms with Crippen molar-refractivity contribution in [3.8, 4) is 0 Å². The minimum Gasteiger partial charge on any atom is -0.468 e. The van der Waals surface area contributed by atoms with E-state index in [9.17, 15) is 14.4 Å². The van der Waals surface area contributed by atoms with E-state index in [2.05, 4.69) is 30.4 Å². The second-order valence-corrected chi connectivity index (χ2v) is 16.1. The normalized spacial score (nSPS) is 12.8. The van der Waals surface area contributed by atoms with Crippen molar-refractivity contribution < 1.29 is 28.6 Å². The third-order valence-corrected chi connectivity index (χ3v) is 10.8. The van der Waals surface area contributed by atoms with Crippen molar-refractivity contribution in [2.75, 3.05) is 32.8 Å². The molecule has 0 aromatic heterocycles. The van der Waals surface area contributed by atoms with Gasteiger partial charge >= 0.3 is 11.9 Å². The zero-order valence-corrected chi connectivity index (χ0v) is 36.3. The van der Waals surface area contributed by atoms with Crippen LogP contribution >= 0.6 is 0 Å². The lowest BCUT2D eigenvalue weighted by molar-refractivity contribution is -0.150. The lowest BCUT2D eigenvalue weighted by Crippen LogP contribution is -2.20. The summed E-state index contributed by atoms with van der Waals surface area (Å²) >= 11 is 0. The van der Waals surface area contributed by atoms with Gasteiger partial charge < -0.3 is 19.1 Å². The Hall–Kier alpha value is -1.63. The molecule has 0 aliphatic carbocycles. The Morgan fingerprint density at radius 2 is 0.907 bits per heavy atom. The molecule has 320 valence electrons. The average Bonchev–Trinajstić information content (AvgIpc) is 3.70. The molecule has 0 spiro atoms. The van der Waals surface area contributed by atoms with Crippen LogP contribution in [-0.4, -0.2) is 62.3 Å². The first-order valence-electron chi connectivity index (χ1n) is 23.7.